The van der Waals surface area contributed by atoms with Crippen LogP contribution < -0.4 is 15.5 Å². The molecule has 1 saturated heterocycles. The first kappa shape index (κ1) is 28.0. The van der Waals surface area contributed by atoms with Gasteiger partial charge in [0.2, 0.25) is 5.95 Å². The van der Waals surface area contributed by atoms with Gasteiger partial charge in [0.25, 0.3) is 5.91 Å². The third-order valence-corrected chi connectivity index (χ3v) is 8.34. The lowest BCUT2D eigenvalue weighted by Gasteiger charge is -2.29. The quantitative estimate of drug-likeness (QED) is 0.330. The zero-order valence-corrected chi connectivity index (χ0v) is 22.5. The number of carbonyl (C=O) groups is 1. The molecule has 212 valence electrons. The second kappa shape index (κ2) is 11.5. The van der Waals surface area contributed by atoms with Crippen molar-refractivity contribution in [1.29, 1.82) is 0 Å². The highest BCUT2D eigenvalue weighted by molar-refractivity contribution is 7.39. The van der Waals surface area contributed by atoms with Crippen LogP contribution in [0.5, 0.6) is 0 Å². The first-order valence-corrected chi connectivity index (χ1v) is 14.5. The molecule has 9 nitrogen and oxygen atoms in total. The Bertz CT molecular complexity index is 1180. The van der Waals surface area contributed by atoms with Crippen LogP contribution in [-0.2, 0) is 23.7 Å². The molecule has 2 aliphatic carbocycles. The second-order valence-electron chi connectivity index (χ2n) is 10.6. The highest BCUT2D eigenvalue weighted by Gasteiger charge is 2.46. The number of amides is 1. The van der Waals surface area contributed by atoms with Crippen molar-refractivity contribution in [3.8, 4) is 0 Å². The third-order valence-electron chi connectivity index (χ3n) is 7.86. The second-order valence-corrected chi connectivity index (χ2v) is 11.3. The molecular formula is C26H33F3N5O4P. The third kappa shape index (κ3) is 6.80. The average molecular weight is 568 g/mol. The largest absolute Gasteiger partial charge is 0.416 e. The zero-order valence-electron chi connectivity index (χ0n) is 21.6. The SMILES string of the molecule is CCc1ccc(CNc2nc(N3CC4CC4C3)ncc2C(=O)NC2CCC(OP(O)O)CC2)cc1C(F)(F)F. The predicted octanol–water partition coefficient (Wildman–Crippen LogP) is 4.40. The number of hydrogen-bond acceptors (Lipinski definition) is 8. The molecule has 4 N–H and O–H groups in total. The van der Waals surface area contributed by atoms with Gasteiger partial charge in [-0.15, -0.1) is 0 Å². The number of fused-ring (bicyclic) bond motifs is 1. The van der Waals surface area contributed by atoms with Crippen molar-refractivity contribution >= 4 is 26.3 Å². The highest BCUT2D eigenvalue weighted by atomic mass is 31.2. The number of anilines is 2. The van der Waals surface area contributed by atoms with Gasteiger partial charge in [0.05, 0.1) is 11.7 Å². The van der Waals surface area contributed by atoms with Crippen molar-refractivity contribution in [2.24, 2.45) is 11.8 Å². The van der Waals surface area contributed by atoms with Crippen molar-refractivity contribution in [2.45, 2.75) is 70.3 Å². The maximum atomic E-state index is 13.6. The fourth-order valence-electron chi connectivity index (χ4n) is 5.59. The van der Waals surface area contributed by atoms with Crippen molar-refractivity contribution in [1.82, 2.24) is 15.3 Å². The fourth-order valence-corrected chi connectivity index (χ4v) is 6.07. The van der Waals surface area contributed by atoms with Crippen LogP contribution in [0, 0.1) is 11.8 Å². The van der Waals surface area contributed by atoms with Gasteiger partial charge in [0.1, 0.15) is 11.4 Å². The number of alkyl halides is 3. The number of hydrogen-bond donors (Lipinski definition) is 4. The molecule has 2 atom stereocenters. The zero-order chi connectivity index (χ0) is 27.7. The topological polar surface area (TPSA) is 120 Å². The minimum absolute atomic E-state index is 0.0583. The molecule has 0 radical (unpaired) electrons. The van der Waals surface area contributed by atoms with E-state index < -0.39 is 20.3 Å². The molecule has 3 aliphatic rings. The molecule has 0 bridgehead atoms. The van der Waals surface area contributed by atoms with E-state index in [9.17, 15) is 18.0 Å². The van der Waals surface area contributed by atoms with Crippen LogP contribution in [-0.4, -0.2) is 50.9 Å². The van der Waals surface area contributed by atoms with Crippen molar-refractivity contribution in [2.75, 3.05) is 23.3 Å². The van der Waals surface area contributed by atoms with Gasteiger partial charge in [0.15, 0.2) is 0 Å². The number of aromatic nitrogens is 2. The summed E-state index contributed by atoms with van der Waals surface area (Å²) >= 11 is 0. The maximum absolute atomic E-state index is 13.6. The summed E-state index contributed by atoms with van der Waals surface area (Å²) in [5, 5.41) is 6.10. The molecule has 2 heterocycles. The normalized spacial score (nSPS) is 24.5. The van der Waals surface area contributed by atoms with Crippen LogP contribution in [0.15, 0.2) is 24.4 Å². The van der Waals surface area contributed by atoms with Crippen LogP contribution in [0.25, 0.3) is 0 Å². The van der Waals surface area contributed by atoms with Gasteiger partial charge in [-0.3, -0.25) is 4.79 Å². The molecule has 1 aromatic carbocycles. The van der Waals surface area contributed by atoms with Gasteiger partial charge in [-0.05, 0) is 67.6 Å². The molecule has 13 heteroatoms. The minimum atomic E-state index is -4.45. The number of benzene rings is 1. The van der Waals surface area contributed by atoms with Gasteiger partial charge >= 0.3 is 14.8 Å². The summed E-state index contributed by atoms with van der Waals surface area (Å²) in [5.74, 6) is 1.70. The van der Waals surface area contributed by atoms with E-state index in [-0.39, 0.29) is 48.0 Å². The summed E-state index contributed by atoms with van der Waals surface area (Å²) in [6.07, 6.45) is 0.639. The number of aryl methyl sites for hydroxylation is 1. The van der Waals surface area contributed by atoms with E-state index in [1.54, 1.807) is 13.0 Å². The summed E-state index contributed by atoms with van der Waals surface area (Å²) in [6, 6.07) is 4.16. The number of nitrogens with one attached hydrogen (secondary N) is 2. The fraction of sp³-hybridized carbons (Fsp3) is 0.577. The summed E-state index contributed by atoms with van der Waals surface area (Å²) in [5.41, 5.74) is 0.228. The summed E-state index contributed by atoms with van der Waals surface area (Å²) in [6.45, 7) is 3.47. The molecular weight excluding hydrogens is 534 g/mol. The monoisotopic (exact) mass is 567 g/mol. The van der Waals surface area contributed by atoms with Crippen molar-refractivity contribution < 1.29 is 32.3 Å². The highest BCUT2D eigenvalue weighted by Crippen LogP contribution is 2.45. The lowest BCUT2D eigenvalue weighted by atomic mass is 9.93. The van der Waals surface area contributed by atoms with E-state index in [2.05, 4.69) is 25.5 Å². The summed E-state index contributed by atoms with van der Waals surface area (Å²) in [4.78, 5) is 42.6. The van der Waals surface area contributed by atoms with Gasteiger partial charge in [-0.2, -0.15) is 18.2 Å². The van der Waals surface area contributed by atoms with Crippen LogP contribution in [0.3, 0.4) is 0 Å². The Hall–Kier alpha value is -2.53. The lowest BCUT2D eigenvalue weighted by molar-refractivity contribution is -0.138. The minimum Gasteiger partial charge on any atom is -0.365 e. The molecule has 1 amide bonds. The predicted molar refractivity (Wildman–Crippen MR) is 140 cm³/mol. The van der Waals surface area contributed by atoms with E-state index in [0.717, 1.165) is 19.2 Å². The number of rotatable bonds is 9. The molecule has 2 saturated carbocycles. The summed E-state index contributed by atoms with van der Waals surface area (Å²) in [7, 11) is -2.42. The van der Waals surface area contributed by atoms with Gasteiger partial charge < -0.3 is 29.8 Å². The Morgan fingerprint density at radius 2 is 1.90 bits per heavy atom. The van der Waals surface area contributed by atoms with Crippen molar-refractivity contribution in [3.63, 3.8) is 0 Å². The van der Waals surface area contributed by atoms with Gasteiger partial charge in [-0.25, -0.2) is 4.98 Å². The van der Waals surface area contributed by atoms with Crippen molar-refractivity contribution in [3.05, 3.63) is 46.6 Å². The molecule has 1 aliphatic heterocycles. The molecule has 1 aromatic heterocycles. The molecule has 0 spiro atoms. The number of halogens is 3. The molecule has 39 heavy (non-hydrogen) atoms. The van der Waals surface area contributed by atoms with E-state index in [4.69, 9.17) is 14.3 Å². The van der Waals surface area contributed by atoms with E-state index >= 15 is 0 Å². The molecule has 3 fully saturated rings. The van der Waals surface area contributed by atoms with Gasteiger partial charge in [-0.1, -0.05) is 19.1 Å². The lowest BCUT2D eigenvalue weighted by Crippen LogP contribution is -2.39. The Balaban J connectivity index is 1.32. The van der Waals surface area contributed by atoms with Crippen LogP contribution in [0.4, 0.5) is 24.9 Å². The Kier molecular flexibility index (Phi) is 8.28. The van der Waals surface area contributed by atoms with Crippen LogP contribution in [0.1, 0.15) is 66.1 Å². The van der Waals surface area contributed by atoms with E-state index in [1.165, 1.54) is 18.7 Å². The maximum Gasteiger partial charge on any atom is 0.416 e. The number of nitrogens with zero attached hydrogens (tertiary/aromatic N) is 3. The van der Waals surface area contributed by atoms with E-state index in [0.29, 0.717) is 49.0 Å². The molecule has 5 rings (SSSR count). The summed E-state index contributed by atoms with van der Waals surface area (Å²) < 4.78 is 45.9. The van der Waals surface area contributed by atoms with E-state index in [1.807, 2.05) is 0 Å². The first-order valence-electron chi connectivity index (χ1n) is 13.3. The Labute approximate surface area is 226 Å². The Morgan fingerprint density at radius 1 is 1.18 bits per heavy atom. The molecule has 2 aromatic rings. The van der Waals surface area contributed by atoms with Crippen LogP contribution in [0.2, 0.25) is 0 Å². The molecule has 2 unspecified atom stereocenters. The van der Waals surface area contributed by atoms with Gasteiger partial charge in [0, 0.05) is 31.9 Å². The average Bonchev–Trinajstić information content (AvgIpc) is 3.51. The Morgan fingerprint density at radius 3 is 2.54 bits per heavy atom. The van der Waals surface area contributed by atoms with Crippen LogP contribution >= 0.6 is 8.60 Å². The first-order chi connectivity index (χ1) is 18.6. The standard InChI is InChI=1S/C26H33F3N5O4P/c1-2-16-4-3-15(9-22(16)26(27,28)29)11-30-23-21(12-31-25(33-23)34-13-17-10-18(17)14-34)24(35)32-19-5-7-20(8-6-19)38-39(36)37/h3-4,9,12,17-20,36-37H,2,5-8,10-11,13-14H2,1H3,(H,32,35)(H,30,31,33). The number of carbonyl (C=O) groups excluding carboxylic acids is 1. The number of piperidine rings is 1. The smallest absolute Gasteiger partial charge is 0.365 e.